The van der Waals surface area contributed by atoms with Gasteiger partial charge in [0.2, 0.25) is 0 Å². The predicted molar refractivity (Wildman–Crippen MR) is 89.3 cm³/mol. The Kier molecular flexibility index (Phi) is 4.41. The number of likely N-dealkylation sites (tertiary alicyclic amines) is 1. The predicted octanol–water partition coefficient (Wildman–Crippen LogP) is 0.781. The molecular formula is C17H29N5O. The van der Waals surface area contributed by atoms with Crippen molar-refractivity contribution in [3.05, 3.63) is 18.0 Å². The number of piperidine rings is 1. The molecule has 6 heteroatoms. The molecule has 4 rings (SSSR count). The molecule has 0 radical (unpaired) electrons. The third-order valence-electron chi connectivity index (χ3n) is 5.96. The average Bonchev–Trinajstić information content (AvgIpc) is 3.21. The van der Waals surface area contributed by atoms with Crippen LogP contribution >= 0.6 is 0 Å². The Morgan fingerprint density at radius 1 is 1.22 bits per heavy atom. The van der Waals surface area contributed by atoms with E-state index in [2.05, 4.69) is 38.0 Å². The first-order valence-electron chi connectivity index (χ1n) is 9.00. The number of likely N-dealkylation sites (N-methyl/N-ethyl adjacent to an activating group) is 1. The summed E-state index contributed by atoms with van der Waals surface area (Å²) < 4.78 is 6.36. The van der Waals surface area contributed by atoms with Crippen LogP contribution in [0.4, 0.5) is 0 Å². The van der Waals surface area contributed by atoms with Crippen molar-refractivity contribution in [2.45, 2.75) is 37.5 Å². The molecule has 0 saturated carbocycles. The SMILES string of the molecule is CN1CCN(C2COC3(CCN(Cc4ccn[nH]4)CC3)C2)CC1. The second-order valence-electron chi connectivity index (χ2n) is 7.55. The minimum absolute atomic E-state index is 0.151. The molecular weight excluding hydrogens is 290 g/mol. The van der Waals surface area contributed by atoms with Gasteiger partial charge in [0.1, 0.15) is 0 Å². The van der Waals surface area contributed by atoms with Crippen LogP contribution in [0.3, 0.4) is 0 Å². The van der Waals surface area contributed by atoms with Crippen molar-refractivity contribution in [2.75, 3.05) is 52.9 Å². The van der Waals surface area contributed by atoms with Crippen molar-refractivity contribution in [1.29, 1.82) is 0 Å². The monoisotopic (exact) mass is 319 g/mol. The normalized spacial score (nSPS) is 30.2. The quantitative estimate of drug-likeness (QED) is 0.892. The molecule has 3 aliphatic heterocycles. The van der Waals surface area contributed by atoms with E-state index in [9.17, 15) is 0 Å². The molecule has 0 aliphatic carbocycles. The fourth-order valence-corrected chi connectivity index (χ4v) is 4.32. The van der Waals surface area contributed by atoms with Gasteiger partial charge in [-0.05, 0) is 32.4 Å². The van der Waals surface area contributed by atoms with Crippen molar-refractivity contribution in [2.24, 2.45) is 0 Å². The van der Waals surface area contributed by atoms with Gasteiger partial charge in [-0.1, -0.05) is 0 Å². The number of aromatic amines is 1. The average molecular weight is 319 g/mol. The molecule has 3 aliphatic rings. The Hall–Kier alpha value is -0.950. The molecule has 23 heavy (non-hydrogen) atoms. The van der Waals surface area contributed by atoms with E-state index in [4.69, 9.17) is 4.74 Å². The van der Waals surface area contributed by atoms with Crippen LogP contribution in [-0.2, 0) is 11.3 Å². The van der Waals surface area contributed by atoms with Crippen LogP contribution in [-0.4, -0.2) is 89.5 Å². The fraction of sp³-hybridized carbons (Fsp3) is 0.824. The lowest BCUT2D eigenvalue weighted by Crippen LogP contribution is -2.50. The second-order valence-corrected chi connectivity index (χ2v) is 7.55. The topological polar surface area (TPSA) is 47.6 Å². The lowest BCUT2D eigenvalue weighted by molar-refractivity contribution is -0.0456. The highest BCUT2D eigenvalue weighted by atomic mass is 16.5. The number of hydrogen-bond acceptors (Lipinski definition) is 5. The smallest absolute Gasteiger partial charge is 0.0723 e. The molecule has 1 spiro atoms. The molecule has 0 amide bonds. The van der Waals surface area contributed by atoms with E-state index in [1.54, 1.807) is 0 Å². The summed E-state index contributed by atoms with van der Waals surface area (Å²) >= 11 is 0. The van der Waals surface area contributed by atoms with E-state index in [0.717, 1.165) is 26.2 Å². The zero-order chi connectivity index (χ0) is 15.7. The Morgan fingerprint density at radius 3 is 2.70 bits per heavy atom. The molecule has 0 bridgehead atoms. The van der Waals surface area contributed by atoms with Gasteiger partial charge >= 0.3 is 0 Å². The number of aromatic nitrogens is 2. The van der Waals surface area contributed by atoms with Crippen LogP contribution < -0.4 is 0 Å². The maximum Gasteiger partial charge on any atom is 0.0723 e. The summed E-state index contributed by atoms with van der Waals surface area (Å²) in [5.74, 6) is 0. The van der Waals surface area contributed by atoms with Crippen molar-refractivity contribution in [1.82, 2.24) is 24.9 Å². The second kappa shape index (κ2) is 6.51. The third kappa shape index (κ3) is 3.45. The number of nitrogens with zero attached hydrogens (tertiary/aromatic N) is 4. The van der Waals surface area contributed by atoms with Gasteiger partial charge in [0.05, 0.1) is 12.2 Å². The summed E-state index contributed by atoms with van der Waals surface area (Å²) in [6, 6.07) is 2.71. The highest BCUT2D eigenvalue weighted by Gasteiger charge is 2.44. The minimum Gasteiger partial charge on any atom is -0.373 e. The van der Waals surface area contributed by atoms with E-state index in [1.807, 2.05) is 6.20 Å². The van der Waals surface area contributed by atoms with Crippen LogP contribution in [0.5, 0.6) is 0 Å². The van der Waals surface area contributed by atoms with Gasteiger partial charge in [-0.2, -0.15) is 5.10 Å². The summed E-state index contributed by atoms with van der Waals surface area (Å²) in [5.41, 5.74) is 1.36. The molecule has 1 aromatic heterocycles. The zero-order valence-electron chi connectivity index (χ0n) is 14.2. The Bertz CT molecular complexity index is 489. The number of rotatable bonds is 3. The fourth-order valence-electron chi connectivity index (χ4n) is 4.32. The van der Waals surface area contributed by atoms with E-state index >= 15 is 0 Å². The van der Waals surface area contributed by atoms with Crippen molar-refractivity contribution >= 4 is 0 Å². The van der Waals surface area contributed by atoms with Crippen molar-refractivity contribution in [3.8, 4) is 0 Å². The number of nitrogens with one attached hydrogen (secondary N) is 1. The highest BCUT2D eigenvalue weighted by molar-refractivity contribution is 5.01. The van der Waals surface area contributed by atoms with Crippen LogP contribution in [0.25, 0.3) is 0 Å². The number of hydrogen-bond donors (Lipinski definition) is 1. The molecule has 1 unspecified atom stereocenters. The lowest BCUT2D eigenvalue weighted by Gasteiger charge is -2.39. The van der Waals surface area contributed by atoms with Gasteiger partial charge in [0.15, 0.2) is 0 Å². The van der Waals surface area contributed by atoms with Crippen molar-refractivity contribution in [3.63, 3.8) is 0 Å². The molecule has 1 atom stereocenters. The van der Waals surface area contributed by atoms with Crippen LogP contribution in [0.1, 0.15) is 25.0 Å². The Labute approximate surface area is 138 Å². The number of piperazine rings is 1. The van der Waals surface area contributed by atoms with Crippen LogP contribution in [0.15, 0.2) is 12.3 Å². The summed E-state index contributed by atoms with van der Waals surface area (Å²) in [7, 11) is 2.22. The van der Waals surface area contributed by atoms with E-state index < -0.39 is 0 Å². The summed E-state index contributed by atoms with van der Waals surface area (Å²) in [4.78, 5) is 7.60. The zero-order valence-corrected chi connectivity index (χ0v) is 14.2. The third-order valence-corrected chi connectivity index (χ3v) is 5.96. The molecule has 6 nitrogen and oxygen atoms in total. The summed E-state index contributed by atoms with van der Waals surface area (Å²) in [5, 5.41) is 7.11. The minimum atomic E-state index is 0.151. The molecule has 4 heterocycles. The van der Waals surface area contributed by atoms with Crippen LogP contribution in [0, 0.1) is 0 Å². The Balaban J connectivity index is 1.28. The van der Waals surface area contributed by atoms with Crippen molar-refractivity contribution < 1.29 is 4.74 Å². The van der Waals surface area contributed by atoms with Gasteiger partial charge in [0, 0.05) is 63.7 Å². The van der Waals surface area contributed by atoms with E-state index in [-0.39, 0.29) is 5.60 Å². The first-order chi connectivity index (χ1) is 11.2. The first-order valence-corrected chi connectivity index (χ1v) is 9.00. The highest BCUT2D eigenvalue weighted by Crippen LogP contribution is 2.38. The molecule has 3 saturated heterocycles. The number of H-pyrrole nitrogens is 1. The van der Waals surface area contributed by atoms with Gasteiger partial charge in [-0.3, -0.25) is 14.9 Å². The van der Waals surface area contributed by atoms with Gasteiger partial charge in [0.25, 0.3) is 0 Å². The maximum absolute atomic E-state index is 6.36. The first kappa shape index (κ1) is 15.6. The van der Waals surface area contributed by atoms with Crippen LogP contribution in [0.2, 0.25) is 0 Å². The van der Waals surface area contributed by atoms with E-state index in [0.29, 0.717) is 6.04 Å². The maximum atomic E-state index is 6.36. The standard InChI is InChI=1S/C17H29N5O/c1-20-8-10-22(11-9-20)16-12-17(23-14-16)3-6-21(7-4-17)13-15-2-5-18-19-15/h2,5,16H,3-4,6-14H2,1H3,(H,18,19). The largest absolute Gasteiger partial charge is 0.373 e. The Morgan fingerprint density at radius 2 is 2.00 bits per heavy atom. The number of ether oxygens (including phenoxy) is 1. The summed E-state index contributed by atoms with van der Waals surface area (Å²) in [6.45, 7) is 8.98. The van der Waals surface area contributed by atoms with E-state index in [1.165, 1.54) is 51.1 Å². The molecule has 0 aromatic carbocycles. The lowest BCUT2D eigenvalue weighted by atomic mass is 9.87. The molecule has 128 valence electrons. The molecule has 1 aromatic rings. The van der Waals surface area contributed by atoms with Gasteiger partial charge in [-0.25, -0.2) is 0 Å². The van der Waals surface area contributed by atoms with Gasteiger partial charge in [-0.15, -0.1) is 0 Å². The molecule has 1 N–H and O–H groups in total. The summed E-state index contributed by atoms with van der Waals surface area (Å²) in [6.07, 6.45) is 5.41. The molecule has 3 fully saturated rings. The van der Waals surface area contributed by atoms with Gasteiger partial charge < -0.3 is 9.64 Å².